The molecule has 9 heteroatoms. The van der Waals surface area contributed by atoms with Crippen molar-refractivity contribution in [1.82, 2.24) is 10.2 Å². The molecule has 136 valence electrons. The average molecular weight is 373 g/mol. The molecule has 1 saturated heterocycles. The summed E-state index contributed by atoms with van der Waals surface area (Å²) in [4.78, 5) is 14.0. The molecule has 0 saturated carbocycles. The first kappa shape index (κ1) is 19.3. The fraction of sp³-hybridized carbons (Fsp3) is 0.375. The second-order valence-electron chi connectivity index (χ2n) is 5.66. The Bertz CT molecular complexity index is 676. The van der Waals surface area contributed by atoms with E-state index in [9.17, 15) is 18.7 Å². The summed E-state index contributed by atoms with van der Waals surface area (Å²) >= 11 is 6.12. The summed E-state index contributed by atoms with van der Waals surface area (Å²) in [5, 5.41) is 22.6. The Labute approximate surface area is 149 Å². The van der Waals surface area contributed by atoms with Gasteiger partial charge in [-0.2, -0.15) is 0 Å². The first-order valence-corrected chi connectivity index (χ1v) is 8.04. The fourth-order valence-corrected chi connectivity index (χ4v) is 2.87. The summed E-state index contributed by atoms with van der Waals surface area (Å²) in [6.45, 7) is 3.12. The highest BCUT2D eigenvalue weighted by Crippen LogP contribution is 2.21. The van der Waals surface area contributed by atoms with E-state index in [4.69, 9.17) is 17.0 Å². The van der Waals surface area contributed by atoms with Crippen LogP contribution in [0, 0.1) is 17.0 Å². The third-order valence-corrected chi connectivity index (χ3v) is 4.20. The van der Waals surface area contributed by atoms with Crippen LogP contribution in [-0.4, -0.2) is 53.9 Å². The van der Waals surface area contributed by atoms with Gasteiger partial charge >= 0.3 is 0 Å². The quantitative estimate of drug-likeness (QED) is 0.467. The Balaban J connectivity index is 2.27. The van der Waals surface area contributed by atoms with Crippen molar-refractivity contribution in [2.75, 3.05) is 25.0 Å². The summed E-state index contributed by atoms with van der Waals surface area (Å²) in [6.07, 6.45) is 0.210. The van der Waals surface area contributed by atoms with E-state index in [1.165, 1.54) is 0 Å². The minimum atomic E-state index is -0.834. The SMILES string of the molecule is CC(O)C1CNCCN1C(C=N)=C(Cl)C(=O)Nc1cc(F)cc(F)c1. The summed E-state index contributed by atoms with van der Waals surface area (Å²) in [5.74, 6) is -2.47. The van der Waals surface area contributed by atoms with E-state index in [0.29, 0.717) is 25.7 Å². The monoisotopic (exact) mass is 372 g/mol. The van der Waals surface area contributed by atoms with Crippen molar-refractivity contribution in [3.05, 3.63) is 40.6 Å². The highest BCUT2D eigenvalue weighted by atomic mass is 35.5. The number of piperazine rings is 1. The Hall–Kier alpha value is -2.03. The first-order chi connectivity index (χ1) is 11.8. The molecule has 0 radical (unpaired) electrons. The lowest BCUT2D eigenvalue weighted by Crippen LogP contribution is -2.55. The zero-order valence-electron chi connectivity index (χ0n) is 13.5. The van der Waals surface area contributed by atoms with Crippen LogP contribution in [0.3, 0.4) is 0 Å². The van der Waals surface area contributed by atoms with Crippen molar-refractivity contribution in [3.63, 3.8) is 0 Å². The highest BCUT2D eigenvalue weighted by molar-refractivity contribution is 6.45. The van der Waals surface area contributed by atoms with Gasteiger partial charge in [-0.25, -0.2) is 8.78 Å². The van der Waals surface area contributed by atoms with E-state index < -0.39 is 23.6 Å². The molecule has 2 atom stereocenters. The zero-order valence-corrected chi connectivity index (χ0v) is 14.3. The van der Waals surface area contributed by atoms with Gasteiger partial charge < -0.3 is 26.0 Å². The number of amides is 1. The smallest absolute Gasteiger partial charge is 0.269 e. The molecule has 0 bridgehead atoms. The molecule has 1 amide bonds. The van der Waals surface area contributed by atoms with Gasteiger partial charge in [-0.3, -0.25) is 4.79 Å². The molecule has 25 heavy (non-hydrogen) atoms. The Morgan fingerprint density at radius 2 is 2.12 bits per heavy atom. The first-order valence-electron chi connectivity index (χ1n) is 7.66. The minimum Gasteiger partial charge on any atom is -0.391 e. The molecule has 0 aromatic heterocycles. The van der Waals surface area contributed by atoms with Gasteiger partial charge in [0.25, 0.3) is 5.91 Å². The molecule has 1 aromatic rings. The molecule has 1 aliphatic rings. The molecule has 2 unspecified atom stereocenters. The number of rotatable bonds is 5. The number of allylic oxidation sites excluding steroid dienone is 1. The number of aliphatic hydroxyl groups excluding tert-OH is 1. The lowest BCUT2D eigenvalue weighted by atomic mass is 10.1. The number of carbonyl (C=O) groups excluding carboxylic acids is 1. The number of hydrogen-bond acceptors (Lipinski definition) is 5. The molecule has 1 heterocycles. The molecular formula is C16H19ClF2N4O2. The van der Waals surface area contributed by atoms with Crippen molar-refractivity contribution in [1.29, 1.82) is 5.41 Å². The topological polar surface area (TPSA) is 88.5 Å². The number of carbonyl (C=O) groups is 1. The molecule has 0 aliphatic carbocycles. The summed E-state index contributed by atoms with van der Waals surface area (Å²) in [5.41, 5.74) is 0.0424. The molecule has 1 aromatic carbocycles. The van der Waals surface area contributed by atoms with E-state index in [0.717, 1.165) is 18.3 Å². The number of hydrogen-bond donors (Lipinski definition) is 4. The standard InChI is InChI=1S/C16H19ClF2N4O2/c1-9(24)14-8-21-2-3-23(14)13(7-20)15(17)16(25)22-12-5-10(18)4-11(19)6-12/h4-7,9,14,20-21,24H,2-3,8H2,1H3,(H,22,25). The van der Waals surface area contributed by atoms with Crippen LogP contribution in [0.1, 0.15) is 6.92 Å². The van der Waals surface area contributed by atoms with Crippen molar-refractivity contribution in [3.8, 4) is 0 Å². The fourth-order valence-electron chi connectivity index (χ4n) is 2.66. The van der Waals surface area contributed by atoms with Gasteiger partial charge in [0.2, 0.25) is 0 Å². The van der Waals surface area contributed by atoms with Gasteiger partial charge in [-0.05, 0) is 19.1 Å². The van der Waals surface area contributed by atoms with Gasteiger partial charge in [0, 0.05) is 37.6 Å². The molecule has 0 spiro atoms. The molecule has 1 aliphatic heterocycles. The van der Waals surface area contributed by atoms with E-state index in [1.54, 1.807) is 11.8 Å². The van der Waals surface area contributed by atoms with Crippen LogP contribution in [0.4, 0.5) is 14.5 Å². The van der Waals surface area contributed by atoms with Crippen LogP contribution in [-0.2, 0) is 4.79 Å². The summed E-state index contributed by atoms with van der Waals surface area (Å²) < 4.78 is 26.4. The van der Waals surface area contributed by atoms with Gasteiger partial charge in [0.1, 0.15) is 16.7 Å². The van der Waals surface area contributed by atoms with Gasteiger partial charge in [0.05, 0.1) is 17.8 Å². The maximum absolute atomic E-state index is 13.2. The number of benzene rings is 1. The van der Waals surface area contributed by atoms with Crippen molar-refractivity contribution >= 4 is 29.4 Å². The second-order valence-corrected chi connectivity index (χ2v) is 6.04. The number of halogens is 3. The third-order valence-electron chi connectivity index (χ3n) is 3.83. The van der Waals surface area contributed by atoms with Gasteiger partial charge in [0.15, 0.2) is 0 Å². The number of nitrogens with zero attached hydrogens (tertiary/aromatic N) is 1. The van der Waals surface area contributed by atoms with Gasteiger partial charge in [-0.1, -0.05) is 11.6 Å². The number of anilines is 1. The lowest BCUT2D eigenvalue weighted by molar-refractivity contribution is -0.112. The number of aliphatic hydroxyl groups is 1. The van der Waals surface area contributed by atoms with E-state index in [2.05, 4.69) is 10.6 Å². The predicted molar refractivity (Wildman–Crippen MR) is 91.7 cm³/mol. The van der Waals surface area contributed by atoms with Crippen LogP contribution >= 0.6 is 11.6 Å². The van der Waals surface area contributed by atoms with Crippen molar-refractivity contribution in [2.45, 2.75) is 19.1 Å². The molecule has 1 fully saturated rings. The largest absolute Gasteiger partial charge is 0.391 e. The van der Waals surface area contributed by atoms with Crippen LogP contribution in [0.5, 0.6) is 0 Å². The van der Waals surface area contributed by atoms with Crippen molar-refractivity contribution in [2.24, 2.45) is 0 Å². The number of nitrogens with one attached hydrogen (secondary N) is 3. The van der Waals surface area contributed by atoms with Crippen LogP contribution < -0.4 is 10.6 Å². The lowest BCUT2D eigenvalue weighted by Gasteiger charge is -2.40. The second kappa shape index (κ2) is 8.37. The molecule has 4 N–H and O–H groups in total. The van der Waals surface area contributed by atoms with Crippen LogP contribution in [0.15, 0.2) is 28.9 Å². The Morgan fingerprint density at radius 1 is 1.48 bits per heavy atom. The summed E-state index contributed by atoms with van der Waals surface area (Å²) in [7, 11) is 0. The molecule has 2 rings (SSSR count). The Kier molecular flexibility index (Phi) is 6.46. The average Bonchev–Trinajstić information content (AvgIpc) is 2.54. The minimum absolute atomic E-state index is 0.0858. The summed E-state index contributed by atoms with van der Waals surface area (Å²) in [6, 6.07) is 2.24. The maximum atomic E-state index is 13.2. The van der Waals surface area contributed by atoms with E-state index >= 15 is 0 Å². The van der Waals surface area contributed by atoms with E-state index in [1.807, 2.05) is 0 Å². The third kappa shape index (κ3) is 4.75. The van der Waals surface area contributed by atoms with Crippen LogP contribution in [0.2, 0.25) is 0 Å². The highest BCUT2D eigenvalue weighted by Gasteiger charge is 2.29. The van der Waals surface area contributed by atoms with Crippen molar-refractivity contribution < 1.29 is 18.7 Å². The Morgan fingerprint density at radius 3 is 2.68 bits per heavy atom. The maximum Gasteiger partial charge on any atom is 0.269 e. The van der Waals surface area contributed by atoms with Crippen LogP contribution in [0.25, 0.3) is 0 Å². The van der Waals surface area contributed by atoms with E-state index in [-0.39, 0.29) is 22.5 Å². The molecule has 6 nitrogen and oxygen atoms in total. The normalized spacial score (nSPS) is 19.9. The zero-order chi connectivity index (χ0) is 18.6. The molecular weight excluding hydrogens is 354 g/mol. The van der Waals surface area contributed by atoms with Gasteiger partial charge in [-0.15, -0.1) is 0 Å². The predicted octanol–water partition coefficient (Wildman–Crippen LogP) is 1.66.